The van der Waals surface area contributed by atoms with Gasteiger partial charge in [0.15, 0.2) is 0 Å². The number of rotatable bonds is 4. The van der Waals surface area contributed by atoms with Crippen LogP contribution in [0.1, 0.15) is 38.1 Å². The minimum Gasteiger partial charge on any atom is -0.461 e. The van der Waals surface area contributed by atoms with E-state index in [9.17, 15) is 14.4 Å². The maximum Gasteiger partial charge on any atom is 0.355 e. The Labute approximate surface area is 136 Å². The predicted octanol–water partition coefficient (Wildman–Crippen LogP) is 2.71. The van der Waals surface area contributed by atoms with Crippen molar-refractivity contribution in [3.63, 3.8) is 0 Å². The van der Waals surface area contributed by atoms with Gasteiger partial charge >= 0.3 is 5.97 Å². The third-order valence-electron chi connectivity index (χ3n) is 3.50. The summed E-state index contributed by atoms with van der Waals surface area (Å²) in [4.78, 5) is 41.4. The van der Waals surface area contributed by atoms with E-state index in [1.165, 1.54) is 11.8 Å². The van der Waals surface area contributed by atoms with Gasteiger partial charge in [-0.3, -0.25) is 9.59 Å². The van der Waals surface area contributed by atoms with Gasteiger partial charge in [-0.05, 0) is 25.3 Å². The Bertz CT molecular complexity index is 798. The fourth-order valence-electron chi connectivity index (χ4n) is 2.53. The summed E-state index contributed by atoms with van der Waals surface area (Å²) in [6.45, 7) is 1.87. The number of amides is 2. The van der Waals surface area contributed by atoms with Crippen molar-refractivity contribution in [1.29, 1.82) is 0 Å². The number of imide groups is 1. The molecule has 7 heteroatoms. The molecule has 23 heavy (non-hydrogen) atoms. The topological polar surface area (TPSA) is 79.5 Å². The van der Waals surface area contributed by atoms with Crippen LogP contribution in [0.2, 0.25) is 0 Å². The summed E-state index contributed by atoms with van der Waals surface area (Å²) in [6, 6.07) is 8.63. The van der Waals surface area contributed by atoms with Crippen molar-refractivity contribution in [2.24, 2.45) is 0 Å². The zero-order valence-electron chi connectivity index (χ0n) is 12.6. The molecule has 1 aromatic heterocycles. The maximum absolute atomic E-state index is 12.7. The molecule has 1 aromatic carbocycles. The Morgan fingerprint density at radius 3 is 2.43 bits per heavy atom. The molecule has 0 aliphatic carbocycles. The Balaban J connectivity index is 2.13. The Morgan fingerprint density at radius 1 is 1.17 bits per heavy atom. The van der Waals surface area contributed by atoms with Crippen LogP contribution in [0.25, 0.3) is 0 Å². The van der Waals surface area contributed by atoms with E-state index in [4.69, 9.17) is 4.74 Å². The highest BCUT2D eigenvalue weighted by Crippen LogP contribution is 2.36. The number of aromatic nitrogens is 1. The molecule has 0 unspecified atom stereocenters. The minimum absolute atomic E-state index is 0.0305. The summed E-state index contributed by atoms with van der Waals surface area (Å²) < 4.78 is 4.97. The number of ether oxygens (including phenoxy) is 1. The zero-order valence-corrected chi connectivity index (χ0v) is 13.4. The molecule has 0 spiro atoms. The number of carbonyl (C=O) groups excluding carboxylic acids is 3. The first-order valence-corrected chi connectivity index (χ1v) is 8.23. The number of aromatic amines is 1. The molecule has 2 amide bonds. The Morgan fingerprint density at radius 2 is 1.83 bits per heavy atom. The van der Waals surface area contributed by atoms with Crippen LogP contribution in [0, 0.1) is 0 Å². The number of esters is 1. The SMILES string of the molecule is CCOC(=O)c1[nH]c(SC)c2c1C(=O)N(c1ccccc1)C2=O. The van der Waals surface area contributed by atoms with Crippen molar-refractivity contribution in [1.82, 2.24) is 4.98 Å². The van der Waals surface area contributed by atoms with Crippen LogP contribution in [-0.2, 0) is 4.74 Å². The largest absolute Gasteiger partial charge is 0.461 e. The van der Waals surface area contributed by atoms with E-state index in [1.54, 1.807) is 43.5 Å². The minimum atomic E-state index is -0.639. The molecule has 1 N–H and O–H groups in total. The molecule has 0 saturated heterocycles. The fraction of sp³-hybridized carbons (Fsp3) is 0.188. The molecule has 0 saturated carbocycles. The lowest BCUT2D eigenvalue weighted by Gasteiger charge is -2.14. The second kappa shape index (κ2) is 5.92. The number of nitrogens with one attached hydrogen (secondary N) is 1. The summed E-state index contributed by atoms with van der Waals surface area (Å²) in [5, 5.41) is 0.486. The van der Waals surface area contributed by atoms with Crippen LogP contribution in [0.3, 0.4) is 0 Å². The number of fused-ring (bicyclic) bond motifs is 1. The van der Waals surface area contributed by atoms with Gasteiger partial charge in [0.25, 0.3) is 11.8 Å². The molecule has 0 atom stereocenters. The highest BCUT2D eigenvalue weighted by atomic mass is 32.2. The van der Waals surface area contributed by atoms with Gasteiger partial charge in [-0.2, -0.15) is 0 Å². The number of para-hydroxylation sites is 1. The highest BCUT2D eigenvalue weighted by molar-refractivity contribution is 7.98. The molecule has 6 nitrogen and oxygen atoms in total. The van der Waals surface area contributed by atoms with E-state index in [0.717, 1.165) is 4.90 Å². The summed E-state index contributed by atoms with van der Waals surface area (Å²) >= 11 is 1.27. The average molecular weight is 330 g/mol. The maximum atomic E-state index is 12.7. The smallest absolute Gasteiger partial charge is 0.355 e. The number of hydrogen-bond donors (Lipinski definition) is 1. The van der Waals surface area contributed by atoms with Gasteiger partial charge in [0.2, 0.25) is 0 Å². The molecule has 0 radical (unpaired) electrons. The third-order valence-corrected chi connectivity index (χ3v) is 4.21. The van der Waals surface area contributed by atoms with Gasteiger partial charge in [0, 0.05) is 0 Å². The summed E-state index contributed by atoms with van der Waals surface area (Å²) in [6.07, 6.45) is 1.77. The van der Waals surface area contributed by atoms with E-state index < -0.39 is 17.8 Å². The molecule has 0 fully saturated rings. The lowest BCUT2D eigenvalue weighted by molar-refractivity contribution is 0.0516. The molecule has 3 rings (SSSR count). The molecule has 118 valence electrons. The second-order valence-electron chi connectivity index (χ2n) is 4.78. The van der Waals surface area contributed by atoms with Gasteiger partial charge in [-0.25, -0.2) is 9.69 Å². The molecule has 0 bridgehead atoms. The summed E-state index contributed by atoms with van der Waals surface area (Å²) in [7, 11) is 0. The van der Waals surface area contributed by atoms with E-state index in [-0.39, 0.29) is 23.4 Å². The average Bonchev–Trinajstić information content (AvgIpc) is 3.06. The normalized spacial score (nSPS) is 13.4. The van der Waals surface area contributed by atoms with Gasteiger partial charge < -0.3 is 9.72 Å². The Kier molecular flexibility index (Phi) is 3.96. The van der Waals surface area contributed by atoms with Crippen molar-refractivity contribution in [3.05, 3.63) is 47.2 Å². The number of benzene rings is 1. The monoisotopic (exact) mass is 330 g/mol. The lowest BCUT2D eigenvalue weighted by atomic mass is 10.2. The highest BCUT2D eigenvalue weighted by Gasteiger charge is 2.44. The van der Waals surface area contributed by atoms with E-state index in [1.807, 2.05) is 0 Å². The number of nitrogens with zero attached hydrogens (tertiary/aromatic N) is 1. The molecular formula is C16H14N2O4S. The van der Waals surface area contributed by atoms with Crippen LogP contribution in [0.15, 0.2) is 35.4 Å². The lowest BCUT2D eigenvalue weighted by Crippen LogP contribution is -2.30. The van der Waals surface area contributed by atoms with Gasteiger partial charge in [0.05, 0.1) is 28.4 Å². The van der Waals surface area contributed by atoms with Gasteiger partial charge in [-0.15, -0.1) is 11.8 Å². The number of anilines is 1. The quantitative estimate of drug-likeness (QED) is 0.530. The number of carbonyl (C=O) groups is 3. The van der Waals surface area contributed by atoms with Crippen molar-refractivity contribution >= 4 is 35.2 Å². The van der Waals surface area contributed by atoms with Crippen molar-refractivity contribution < 1.29 is 19.1 Å². The van der Waals surface area contributed by atoms with Crippen LogP contribution < -0.4 is 4.90 Å². The van der Waals surface area contributed by atoms with Crippen LogP contribution >= 0.6 is 11.8 Å². The van der Waals surface area contributed by atoms with Gasteiger partial charge in [0.1, 0.15) is 5.69 Å². The molecule has 1 aliphatic heterocycles. The first kappa shape index (κ1) is 15.4. The molecule has 2 aromatic rings. The van der Waals surface area contributed by atoms with E-state index in [0.29, 0.717) is 10.7 Å². The first-order chi connectivity index (χ1) is 11.1. The molecular weight excluding hydrogens is 316 g/mol. The molecule has 1 aliphatic rings. The zero-order chi connectivity index (χ0) is 16.6. The summed E-state index contributed by atoms with van der Waals surface area (Å²) in [5.74, 6) is -1.59. The van der Waals surface area contributed by atoms with Crippen molar-refractivity contribution in [2.75, 3.05) is 17.8 Å². The van der Waals surface area contributed by atoms with Crippen LogP contribution in [0.4, 0.5) is 5.69 Å². The van der Waals surface area contributed by atoms with Crippen molar-refractivity contribution in [2.45, 2.75) is 11.9 Å². The Hall–Kier alpha value is -2.54. The number of H-pyrrole nitrogens is 1. The van der Waals surface area contributed by atoms with E-state index in [2.05, 4.69) is 4.98 Å². The van der Waals surface area contributed by atoms with Crippen LogP contribution in [-0.4, -0.2) is 35.6 Å². The molecule has 2 heterocycles. The van der Waals surface area contributed by atoms with E-state index >= 15 is 0 Å². The van der Waals surface area contributed by atoms with Crippen LogP contribution in [0.5, 0.6) is 0 Å². The number of hydrogen-bond acceptors (Lipinski definition) is 5. The fourth-order valence-corrected chi connectivity index (χ4v) is 3.13. The van der Waals surface area contributed by atoms with Gasteiger partial charge in [-0.1, -0.05) is 18.2 Å². The summed E-state index contributed by atoms with van der Waals surface area (Å²) in [5.41, 5.74) is 0.819. The standard InChI is InChI=1S/C16H14N2O4S/c1-3-22-16(21)12-10-11(13(17-12)23-2)15(20)18(14(10)19)9-7-5-4-6-8-9/h4-8,17H,3H2,1-2H3. The van der Waals surface area contributed by atoms with Crippen molar-refractivity contribution in [3.8, 4) is 0 Å². The first-order valence-electron chi connectivity index (χ1n) is 7.01. The number of thioether (sulfide) groups is 1. The predicted molar refractivity (Wildman–Crippen MR) is 86.1 cm³/mol. The third kappa shape index (κ3) is 2.33. The second-order valence-corrected chi connectivity index (χ2v) is 5.60.